The molecule has 0 radical (unpaired) electrons. The number of anilines is 2. The van der Waals surface area contributed by atoms with E-state index in [0.29, 0.717) is 12.5 Å². The van der Waals surface area contributed by atoms with Crippen LogP contribution < -0.4 is 11.1 Å². The minimum Gasteiger partial charge on any atom is -0.369 e. The highest BCUT2D eigenvalue weighted by molar-refractivity contribution is 7.13. The van der Waals surface area contributed by atoms with Gasteiger partial charge in [0.1, 0.15) is 11.6 Å². The lowest BCUT2D eigenvalue weighted by molar-refractivity contribution is -0.119. The lowest BCUT2D eigenvalue weighted by Crippen LogP contribution is -2.40. The molecule has 3 N–H and O–H groups in total. The summed E-state index contributed by atoms with van der Waals surface area (Å²) in [4.78, 5) is 26.5. The second kappa shape index (κ2) is 7.01. The van der Waals surface area contributed by atoms with Crippen molar-refractivity contribution in [2.45, 2.75) is 25.7 Å². The van der Waals surface area contributed by atoms with Crippen LogP contribution in [0.3, 0.4) is 0 Å². The monoisotopic (exact) mass is 332 g/mol. The van der Waals surface area contributed by atoms with Gasteiger partial charge in [0.15, 0.2) is 5.13 Å². The molecule has 8 heteroatoms. The molecular formula is C15H20N6OS. The second-order valence-electron chi connectivity index (χ2n) is 5.73. The molecule has 0 saturated carbocycles. The Balaban J connectivity index is 1.76. The number of nitrogens with one attached hydrogen (secondary N) is 1. The largest absolute Gasteiger partial charge is 0.369 e. The molecule has 1 saturated heterocycles. The zero-order valence-corrected chi connectivity index (χ0v) is 13.8. The lowest BCUT2D eigenvalue weighted by Gasteiger charge is -2.31. The molecule has 2 aromatic rings. The summed E-state index contributed by atoms with van der Waals surface area (Å²) in [5.74, 6) is 1.50. The van der Waals surface area contributed by atoms with Crippen molar-refractivity contribution >= 4 is 28.2 Å². The van der Waals surface area contributed by atoms with Gasteiger partial charge in [0.2, 0.25) is 5.91 Å². The number of aromatic nitrogens is 3. The van der Waals surface area contributed by atoms with Crippen molar-refractivity contribution in [2.75, 3.05) is 25.0 Å². The predicted molar refractivity (Wildman–Crippen MR) is 89.8 cm³/mol. The van der Waals surface area contributed by atoms with E-state index >= 15 is 0 Å². The molecule has 7 nitrogen and oxygen atoms in total. The van der Waals surface area contributed by atoms with Crippen LogP contribution in [-0.2, 0) is 4.79 Å². The molecule has 0 aromatic carbocycles. The third-order valence-corrected chi connectivity index (χ3v) is 4.52. The van der Waals surface area contributed by atoms with Gasteiger partial charge in [-0.15, -0.1) is 11.3 Å². The number of carbonyl (C=O) groups is 1. The van der Waals surface area contributed by atoms with Crippen LogP contribution in [-0.4, -0.2) is 45.4 Å². The number of primary amides is 1. The number of rotatable bonds is 5. The van der Waals surface area contributed by atoms with Crippen molar-refractivity contribution in [1.82, 2.24) is 19.9 Å². The predicted octanol–water partition coefficient (Wildman–Crippen LogP) is 1.65. The van der Waals surface area contributed by atoms with E-state index in [1.165, 1.54) is 11.3 Å². The SMILES string of the molecule is Cc1nc(Nc2nccs2)cc(C2CCCN(CC(N)=O)C2)n1. The third-order valence-electron chi connectivity index (χ3n) is 3.83. The summed E-state index contributed by atoms with van der Waals surface area (Å²) in [7, 11) is 0. The molecule has 0 spiro atoms. The van der Waals surface area contributed by atoms with E-state index in [4.69, 9.17) is 5.73 Å². The van der Waals surface area contributed by atoms with Gasteiger partial charge in [0, 0.05) is 30.1 Å². The summed E-state index contributed by atoms with van der Waals surface area (Å²) >= 11 is 1.53. The smallest absolute Gasteiger partial charge is 0.231 e. The Hall–Kier alpha value is -2.06. The van der Waals surface area contributed by atoms with Gasteiger partial charge in [0.05, 0.1) is 12.2 Å². The van der Waals surface area contributed by atoms with E-state index in [1.54, 1.807) is 6.20 Å². The van der Waals surface area contributed by atoms with Crippen LogP contribution in [0.15, 0.2) is 17.6 Å². The highest BCUT2D eigenvalue weighted by atomic mass is 32.1. The maximum absolute atomic E-state index is 11.1. The molecule has 1 amide bonds. The summed E-state index contributed by atoms with van der Waals surface area (Å²) < 4.78 is 0. The van der Waals surface area contributed by atoms with Crippen molar-refractivity contribution in [1.29, 1.82) is 0 Å². The molecule has 1 unspecified atom stereocenters. The molecule has 0 aliphatic carbocycles. The fourth-order valence-corrected chi connectivity index (χ4v) is 3.46. The minimum absolute atomic E-state index is 0.282. The van der Waals surface area contributed by atoms with E-state index < -0.39 is 0 Å². The standard InChI is InChI=1S/C15H20N6OS/c1-10-18-12(7-14(19-10)20-15-17-4-6-23-15)11-3-2-5-21(8-11)9-13(16)22/h4,6-7,11H,2-3,5,8-9H2,1H3,(H2,16,22)(H,17,18,19,20). The van der Waals surface area contributed by atoms with Crippen LogP contribution in [0.25, 0.3) is 0 Å². The van der Waals surface area contributed by atoms with Crippen molar-refractivity contribution in [2.24, 2.45) is 5.73 Å². The number of thiazole rings is 1. The Morgan fingerprint density at radius 2 is 2.39 bits per heavy atom. The van der Waals surface area contributed by atoms with E-state index in [0.717, 1.165) is 48.4 Å². The van der Waals surface area contributed by atoms with Crippen molar-refractivity contribution in [3.8, 4) is 0 Å². The van der Waals surface area contributed by atoms with Crippen molar-refractivity contribution in [3.05, 3.63) is 29.2 Å². The molecule has 2 aromatic heterocycles. The Morgan fingerprint density at radius 3 is 3.13 bits per heavy atom. The van der Waals surface area contributed by atoms with Crippen LogP contribution in [0.1, 0.15) is 30.3 Å². The van der Waals surface area contributed by atoms with Crippen LogP contribution in [0.4, 0.5) is 10.9 Å². The molecule has 1 aliphatic heterocycles. The number of hydrogen-bond donors (Lipinski definition) is 2. The summed E-state index contributed by atoms with van der Waals surface area (Å²) in [6.45, 7) is 3.91. The Bertz CT molecular complexity index is 675. The molecule has 3 heterocycles. The van der Waals surface area contributed by atoms with Crippen LogP contribution in [0.5, 0.6) is 0 Å². The van der Waals surface area contributed by atoms with E-state index in [1.807, 2.05) is 18.4 Å². The number of aryl methyl sites for hydroxylation is 1. The molecule has 0 bridgehead atoms. The van der Waals surface area contributed by atoms with Gasteiger partial charge in [0.25, 0.3) is 0 Å². The van der Waals surface area contributed by atoms with Gasteiger partial charge in [-0.05, 0) is 26.3 Å². The van der Waals surface area contributed by atoms with E-state index in [9.17, 15) is 4.79 Å². The molecule has 122 valence electrons. The molecule has 23 heavy (non-hydrogen) atoms. The normalized spacial score (nSPS) is 18.7. The minimum atomic E-state index is -0.282. The van der Waals surface area contributed by atoms with Crippen LogP contribution in [0.2, 0.25) is 0 Å². The average Bonchev–Trinajstić information content (AvgIpc) is 2.99. The first kappa shape index (κ1) is 15.8. The first-order valence-electron chi connectivity index (χ1n) is 7.63. The van der Waals surface area contributed by atoms with Crippen LogP contribution >= 0.6 is 11.3 Å². The second-order valence-corrected chi connectivity index (χ2v) is 6.62. The zero-order valence-electron chi connectivity index (χ0n) is 13.0. The number of likely N-dealkylation sites (tertiary alicyclic amines) is 1. The van der Waals surface area contributed by atoms with Gasteiger partial charge < -0.3 is 11.1 Å². The van der Waals surface area contributed by atoms with Gasteiger partial charge in [-0.1, -0.05) is 0 Å². The Morgan fingerprint density at radius 1 is 1.52 bits per heavy atom. The summed E-state index contributed by atoms with van der Waals surface area (Å²) in [6, 6.07) is 1.98. The molecule has 1 aliphatic rings. The average molecular weight is 332 g/mol. The number of nitrogens with two attached hydrogens (primary N) is 1. The summed E-state index contributed by atoms with van der Waals surface area (Å²) in [6.07, 6.45) is 3.85. The fraction of sp³-hybridized carbons (Fsp3) is 0.467. The first-order chi connectivity index (χ1) is 11.1. The van der Waals surface area contributed by atoms with E-state index in [-0.39, 0.29) is 5.91 Å². The maximum Gasteiger partial charge on any atom is 0.231 e. The first-order valence-corrected chi connectivity index (χ1v) is 8.51. The zero-order chi connectivity index (χ0) is 16.2. The van der Waals surface area contributed by atoms with Crippen molar-refractivity contribution in [3.63, 3.8) is 0 Å². The van der Waals surface area contributed by atoms with Gasteiger partial charge in [-0.2, -0.15) is 0 Å². The highest BCUT2D eigenvalue weighted by Crippen LogP contribution is 2.27. The summed E-state index contributed by atoms with van der Waals surface area (Å²) in [5.41, 5.74) is 6.31. The number of hydrogen-bond acceptors (Lipinski definition) is 7. The fourth-order valence-electron chi connectivity index (χ4n) is 2.92. The number of amides is 1. The molecule has 3 rings (SSSR count). The van der Waals surface area contributed by atoms with Crippen LogP contribution in [0, 0.1) is 6.92 Å². The van der Waals surface area contributed by atoms with Gasteiger partial charge >= 0.3 is 0 Å². The quantitative estimate of drug-likeness (QED) is 0.864. The van der Waals surface area contributed by atoms with E-state index in [2.05, 4.69) is 25.2 Å². The molecule has 1 fully saturated rings. The third kappa shape index (κ3) is 4.23. The maximum atomic E-state index is 11.1. The topological polar surface area (TPSA) is 97.0 Å². The molecular weight excluding hydrogens is 312 g/mol. The lowest BCUT2D eigenvalue weighted by atomic mass is 9.94. The molecule has 1 atom stereocenters. The number of carbonyl (C=O) groups excluding carboxylic acids is 1. The number of piperidine rings is 1. The Labute approximate surface area is 139 Å². The van der Waals surface area contributed by atoms with Gasteiger partial charge in [-0.25, -0.2) is 15.0 Å². The highest BCUT2D eigenvalue weighted by Gasteiger charge is 2.24. The van der Waals surface area contributed by atoms with Gasteiger partial charge in [-0.3, -0.25) is 9.69 Å². The summed E-state index contributed by atoms with van der Waals surface area (Å²) in [5, 5.41) is 5.95. The number of nitrogens with zero attached hydrogens (tertiary/aromatic N) is 4. The Kier molecular flexibility index (Phi) is 4.82. The van der Waals surface area contributed by atoms with Crippen molar-refractivity contribution < 1.29 is 4.79 Å².